The van der Waals surface area contributed by atoms with Gasteiger partial charge in [-0.1, -0.05) is 509 Å². The molecule has 0 spiro atoms. The lowest BCUT2D eigenvalue weighted by Crippen LogP contribution is -1.91. The summed E-state index contributed by atoms with van der Waals surface area (Å²) in [5, 5.41) is 26.1. The van der Waals surface area contributed by atoms with E-state index in [0.29, 0.717) is 66.8 Å². The average molecular weight is 1920 g/mol. The van der Waals surface area contributed by atoms with Gasteiger partial charge in [-0.2, -0.15) is 0 Å². The van der Waals surface area contributed by atoms with Gasteiger partial charge in [-0.15, -0.1) is 0 Å². The minimum Gasteiger partial charge on any atom is -0.0622 e. The Labute approximate surface area is 909 Å². The molecule has 0 fully saturated rings. The summed E-state index contributed by atoms with van der Waals surface area (Å²) in [6.07, 6.45) is 0. The lowest BCUT2D eigenvalue weighted by molar-refractivity contribution is 1.57. The topological polar surface area (TPSA) is 0 Å². The van der Waals surface area contributed by atoms with Crippen LogP contribution in [-0.4, -0.2) is 0 Å². The van der Waals surface area contributed by atoms with Crippen LogP contribution in [0.4, 0.5) is 0 Å². The van der Waals surface area contributed by atoms with Crippen LogP contribution in [0, 0.1) is 0 Å². The van der Waals surface area contributed by atoms with Crippen molar-refractivity contribution in [1.29, 1.82) is 0 Å². The van der Waals surface area contributed by atoms with Gasteiger partial charge in [-0.05, 0) is 364 Å². The fraction of sp³-hybridized carbons (Fsp3) is 0. The van der Waals surface area contributed by atoms with Crippen molar-refractivity contribution in [2.45, 2.75) is 0 Å². The van der Waals surface area contributed by atoms with Crippen LogP contribution in [0.15, 0.2) is 545 Å². The van der Waals surface area contributed by atoms with Gasteiger partial charge >= 0.3 is 0 Å². The van der Waals surface area contributed by atoms with Crippen LogP contribution >= 0.6 is 0 Å². The Balaban J connectivity index is 0.000000116. The highest BCUT2D eigenvalue weighted by atomic mass is 14.3. The minimum atomic E-state index is -0.562. The Morgan fingerprint density at radius 2 is 0.380 bits per heavy atom. The molecule has 0 saturated heterocycles. The maximum absolute atomic E-state index is 9.95. The van der Waals surface area contributed by atoms with Crippen LogP contribution in [0.3, 0.4) is 0 Å². The van der Waals surface area contributed by atoms with E-state index in [0.717, 1.165) is 114 Å². The molecule has 0 N–H and O–H groups in total. The van der Waals surface area contributed by atoms with E-state index in [1.54, 1.807) is 36.4 Å². The van der Waals surface area contributed by atoms with Gasteiger partial charge in [0.05, 0.1) is 41.1 Å². The highest BCUT2D eigenvalue weighted by molar-refractivity contribution is 6.33. The first kappa shape index (κ1) is 60.3. The van der Waals surface area contributed by atoms with Gasteiger partial charge in [0.2, 0.25) is 0 Å². The fourth-order valence-corrected chi connectivity index (χ4v) is 23.6. The molecule has 0 aliphatic carbocycles. The normalized spacial score (nSPS) is 14.8. The number of rotatable bonds is 12. The molecular weight excluding hydrogens is 1800 g/mol. The molecule has 0 nitrogen and oxygen atoms in total. The van der Waals surface area contributed by atoms with Gasteiger partial charge in [0.1, 0.15) is 0 Å². The Bertz CT molecular complexity index is 13100. The summed E-state index contributed by atoms with van der Waals surface area (Å²) >= 11 is 0. The predicted octanol–water partition coefficient (Wildman–Crippen LogP) is 42.4. The highest BCUT2D eigenvalue weighted by Crippen LogP contribution is 2.52. The zero-order valence-electron chi connectivity index (χ0n) is 110. The standard InChI is InChI=1S/3C50H30/c3*1-2-7-31(8-3-1)46-30-39(23-26-43(46)42-25-20-37-18-16-33-10-5-12-35-22-28-45(42)50(37)48(33)35)38-13-6-14-40(29-38)41-24-19-36-17-15-32-9-4-11-34-21-27-44(41)49(36)47(32)34/h3*1-30H/i4D,5D,9D,10D,11D,12D,15D,16D,17D,18D,19D,20D,21D,22D,24D,25D,27D,28D;6D,13D,14D,23D,26D,29D,30D;1D,2D,3D,7D,8D. The van der Waals surface area contributed by atoms with Crippen molar-refractivity contribution in [3.8, 4) is 134 Å². The second-order valence-corrected chi connectivity index (χ2v) is 38.5. The van der Waals surface area contributed by atoms with E-state index in [9.17, 15) is 16.4 Å². The van der Waals surface area contributed by atoms with Crippen molar-refractivity contribution < 1.29 is 41.1 Å². The monoisotopic (exact) mass is 1920 g/mol. The Kier molecular flexibility index (Phi) is 13.7. The third kappa shape index (κ3) is 13.6. The molecule has 0 heteroatoms. The molecule has 0 heterocycles. The first-order valence-corrected chi connectivity index (χ1v) is 49.8. The Morgan fingerprint density at radius 3 is 0.847 bits per heavy atom. The van der Waals surface area contributed by atoms with Gasteiger partial charge in [0, 0.05) is 0 Å². The lowest BCUT2D eigenvalue weighted by atomic mass is 9.86. The van der Waals surface area contributed by atoms with E-state index in [1.807, 2.05) is 121 Å². The maximum atomic E-state index is 9.95. The van der Waals surface area contributed by atoms with Crippen LogP contribution in [0.2, 0.25) is 0 Å². The molecular formula is C150H90. The zero-order chi connectivity index (χ0) is 124. The van der Waals surface area contributed by atoms with Crippen molar-refractivity contribution in [2.75, 3.05) is 0 Å². The predicted molar refractivity (Wildman–Crippen MR) is 647 cm³/mol. The highest BCUT2D eigenvalue weighted by Gasteiger charge is 2.25. The first-order chi connectivity index (χ1) is 86.9. The number of hydrogen-bond acceptors (Lipinski definition) is 0. The summed E-state index contributed by atoms with van der Waals surface area (Å²) in [5.74, 6) is 0. The van der Waals surface area contributed by atoms with E-state index >= 15 is 0 Å². The molecule has 0 bridgehead atoms. The van der Waals surface area contributed by atoms with E-state index in [2.05, 4.69) is 206 Å². The molecule has 0 atom stereocenters. The van der Waals surface area contributed by atoms with Crippen molar-refractivity contribution in [3.05, 3.63) is 545 Å². The Hall–Kier alpha value is -19.5. The Morgan fingerprint density at radius 1 is 0.100 bits per heavy atom. The molecule has 33 rings (SSSR count). The summed E-state index contributed by atoms with van der Waals surface area (Å²) < 4.78 is 272. The molecule has 33 aromatic carbocycles. The maximum Gasteiger partial charge on any atom is 0.0636 e. The second-order valence-electron chi connectivity index (χ2n) is 38.5. The molecule has 0 unspecified atom stereocenters. The molecule has 0 radical (unpaired) electrons. The summed E-state index contributed by atoms with van der Waals surface area (Å²) in [4.78, 5) is 0. The molecule has 0 aromatic heterocycles. The van der Waals surface area contributed by atoms with Crippen LogP contribution in [0.5, 0.6) is 0 Å². The molecule has 33 aromatic rings. The zero-order valence-corrected chi connectivity index (χ0v) is 79.6. The lowest BCUT2D eigenvalue weighted by Gasteiger charge is -2.18. The molecule has 150 heavy (non-hydrogen) atoms. The average Bonchev–Trinajstić information content (AvgIpc) is 0.712. The molecule has 0 aliphatic rings. The fourth-order valence-electron chi connectivity index (χ4n) is 23.6. The third-order valence-corrected chi connectivity index (χ3v) is 30.5. The first-order valence-electron chi connectivity index (χ1n) is 64.8. The molecule has 690 valence electrons. The van der Waals surface area contributed by atoms with E-state index in [-0.39, 0.29) is 164 Å². The summed E-state index contributed by atoms with van der Waals surface area (Å²) in [7, 11) is 0. The van der Waals surface area contributed by atoms with Crippen molar-refractivity contribution in [1.82, 2.24) is 0 Å². The summed E-state index contributed by atoms with van der Waals surface area (Å²) in [6, 6.07) is 109. The van der Waals surface area contributed by atoms with Gasteiger partial charge < -0.3 is 0 Å². The van der Waals surface area contributed by atoms with Gasteiger partial charge in [0.15, 0.2) is 0 Å². The van der Waals surface area contributed by atoms with Crippen molar-refractivity contribution in [3.63, 3.8) is 0 Å². The number of hydrogen-bond donors (Lipinski definition) is 0. The number of benzene rings is 33. The summed E-state index contributed by atoms with van der Waals surface area (Å²) in [5.41, 5.74) is 12.6. The molecule has 0 aliphatic heterocycles. The summed E-state index contributed by atoms with van der Waals surface area (Å²) in [6.45, 7) is 0. The van der Waals surface area contributed by atoms with Crippen LogP contribution in [0.1, 0.15) is 41.1 Å². The SMILES string of the molecule is [2H]c1c([2H])c(-c2c([2H])c([2H])c(-c3ccc4ccc5cccc6ccc3c4c56)c(-c3ccccc3)c2[2H])c([2H])c(-c2ccc3ccc4cccc5ccc2c3c45)c1[2H].[2H]c1c([2H])c([2H])c(-c2cc(-c3cccc(-c4ccc5ccc6cccc7ccc4c5c67)c3)ccc2-c2ccc3ccc4cccc5ccc2c3c45)c([2H])c1[2H].[2H]c1c([2H])c2c([2H])c([2H])c3c([2H])c([2H])c(-c4cccc(-c5ccc(-c6c([2H])c([2H])c7c([2H])c([2H])c8c([2H])c([2H])c([2H])c9c([2H])c([2H])c6c7c89)c(-c6ccccc6)c5)c4)c4c([2H])c([2H])c(c1[2H])c2c34. The van der Waals surface area contributed by atoms with E-state index in [4.69, 9.17) is 24.7 Å². The van der Waals surface area contributed by atoms with Gasteiger partial charge in [-0.25, -0.2) is 0 Å². The van der Waals surface area contributed by atoms with Crippen molar-refractivity contribution >= 4 is 194 Å². The van der Waals surface area contributed by atoms with Gasteiger partial charge in [0.25, 0.3) is 0 Å². The molecule has 0 amide bonds. The van der Waals surface area contributed by atoms with E-state index in [1.165, 1.54) is 48.5 Å². The van der Waals surface area contributed by atoms with Crippen LogP contribution in [-0.2, 0) is 0 Å². The van der Waals surface area contributed by atoms with Gasteiger partial charge in [-0.3, -0.25) is 0 Å². The quantitative estimate of drug-likeness (QED) is 0.107. The van der Waals surface area contributed by atoms with Crippen LogP contribution in [0.25, 0.3) is 327 Å². The molecule has 0 saturated carbocycles. The largest absolute Gasteiger partial charge is 0.0636 e. The van der Waals surface area contributed by atoms with E-state index < -0.39 is 115 Å². The third-order valence-electron chi connectivity index (χ3n) is 30.5. The minimum absolute atomic E-state index is 0.0194. The van der Waals surface area contributed by atoms with Crippen LogP contribution < -0.4 is 0 Å². The second kappa shape index (κ2) is 34.1. The smallest absolute Gasteiger partial charge is 0.0622 e. The van der Waals surface area contributed by atoms with Crippen molar-refractivity contribution in [2.24, 2.45) is 0 Å².